The summed E-state index contributed by atoms with van der Waals surface area (Å²) in [4.78, 5) is 34.4. The number of methoxy groups -OCH3 is 1. The molecule has 150 valence electrons. The van der Waals surface area contributed by atoms with Crippen molar-refractivity contribution in [3.8, 4) is 5.75 Å². The third-order valence-corrected chi connectivity index (χ3v) is 5.69. The van der Waals surface area contributed by atoms with Crippen LogP contribution in [0.25, 0.3) is 0 Å². The van der Waals surface area contributed by atoms with Crippen LogP contribution in [0.5, 0.6) is 5.75 Å². The molecule has 1 aromatic rings. The summed E-state index contributed by atoms with van der Waals surface area (Å²) in [5, 5.41) is 1.78. The fourth-order valence-electron chi connectivity index (χ4n) is 2.21. The molecule has 1 atom stereocenters. The molecule has 0 aliphatic rings. The van der Waals surface area contributed by atoms with Crippen molar-refractivity contribution in [2.75, 3.05) is 20.2 Å². The molecule has 0 aliphatic carbocycles. The van der Waals surface area contributed by atoms with E-state index in [-0.39, 0.29) is 29.3 Å². The van der Waals surface area contributed by atoms with E-state index in [1.54, 1.807) is 19.2 Å². The number of ether oxygens (including phenoxy) is 2. The number of rotatable bonds is 8. The van der Waals surface area contributed by atoms with Crippen LogP contribution in [0.15, 0.2) is 23.1 Å². The SMILES string of the molecule is CCN(CC)S(=O)(=O)c1cc(C(=O)OC(C)C(=O)NC(N)=O)ccc1OC. The van der Waals surface area contributed by atoms with Gasteiger partial charge in [0.2, 0.25) is 10.0 Å². The minimum Gasteiger partial charge on any atom is -0.495 e. The number of urea groups is 1. The fourth-order valence-corrected chi connectivity index (χ4v) is 3.85. The predicted molar refractivity (Wildman–Crippen MR) is 95.7 cm³/mol. The minimum absolute atomic E-state index is 0.0676. The number of nitrogens with zero attached hydrogens (tertiary/aromatic N) is 1. The highest BCUT2D eigenvalue weighted by atomic mass is 32.2. The largest absolute Gasteiger partial charge is 0.495 e. The van der Waals surface area contributed by atoms with E-state index in [1.165, 1.54) is 30.5 Å². The van der Waals surface area contributed by atoms with Crippen LogP contribution in [-0.4, -0.2) is 56.9 Å². The van der Waals surface area contributed by atoms with Gasteiger partial charge in [-0.3, -0.25) is 10.1 Å². The molecular formula is C16H23N3O7S. The van der Waals surface area contributed by atoms with Gasteiger partial charge >= 0.3 is 12.0 Å². The molecular weight excluding hydrogens is 378 g/mol. The van der Waals surface area contributed by atoms with E-state index >= 15 is 0 Å². The molecule has 0 fully saturated rings. The van der Waals surface area contributed by atoms with E-state index in [0.717, 1.165) is 6.07 Å². The molecule has 0 aromatic heterocycles. The van der Waals surface area contributed by atoms with Gasteiger partial charge in [-0.15, -0.1) is 0 Å². The van der Waals surface area contributed by atoms with E-state index in [2.05, 4.69) is 0 Å². The monoisotopic (exact) mass is 401 g/mol. The van der Waals surface area contributed by atoms with Gasteiger partial charge in [0.25, 0.3) is 5.91 Å². The molecule has 27 heavy (non-hydrogen) atoms. The van der Waals surface area contributed by atoms with Crippen LogP contribution in [0.3, 0.4) is 0 Å². The molecule has 10 nitrogen and oxygen atoms in total. The van der Waals surface area contributed by atoms with Gasteiger partial charge in [0, 0.05) is 13.1 Å². The summed E-state index contributed by atoms with van der Waals surface area (Å²) in [7, 11) is -2.59. The summed E-state index contributed by atoms with van der Waals surface area (Å²) in [5.41, 5.74) is 4.73. The number of amides is 3. The Morgan fingerprint density at radius 2 is 1.81 bits per heavy atom. The Labute approximate surface area is 157 Å². The molecule has 0 saturated heterocycles. The number of hydrogen-bond donors (Lipinski definition) is 2. The Bertz CT molecular complexity index is 819. The second kappa shape index (κ2) is 9.33. The number of primary amides is 1. The third kappa shape index (κ3) is 5.41. The lowest BCUT2D eigenvalue weighted by Gasteiger charge is -2.20. The lowest BCUT2D eigenvalue weighted by atomic mass is 10.2. The number of benzene rings is 1. The molecule has 0 heterocycles. The van der Waals surface area contributed by atoms with Crippen molar-refractivity contribution in [3.05, 3.63) is 23.8 Å². The maximum absolute atomic E-state index is 12.8. The highest BCUT2D eigenvalue weighted by molar-refractivity contribution is 7.89. The first-order valence-corrected chi connectivity index (χ1v) is 9.51. The normalized spacial score (nSPS) is 12.3. The van der Waals surface area contributed by atoms with E-state index < -0.39 is 34.0 Å². The Morgan fingerprint density at radius 1 is 1.22 bits per heavy atom. The highest BCUT2D eigenvalue weighted by Crippen LogP contribution is 2.28. The number of nitrogens with one attached hydrogen (secondary N) is 1. The van der Waals surface area contributed by atoms with Crippen molar-refractivity contribution >= 4 is 27.9 Å². The smallest absolute Gasteiger partial charge is 0.338 e. The second-order valence-electron chi connectivity index (χ2n) is 5.36. The summed E-state index contributed by atoms with van der Waals surface area (Å²) in [5.74, 6) is -1.78. The van der Waals surface area contributed by atoms with Gasteiger partial charge in [-0.2, -0.15) is 4.31 Å². The van der Waals surface area contributed by atoms with Crippen molar-refractivity contribution < 1.29 is 32.3 Å². The molecule has 0 bridgehead atoms. The topological polar surface area (TPSA) is 145 Å². The first kappa shape index (κ1) is 22.4. The summed E-state index contributed by atoms with van der Waals surface area (Å²) in [6.07, 6.45) is -1.31. The lowest BCUT2D eigenvalue weighted by Crippen LogP contribution is -2.42. The first-order chi connectivity index (χ1) is 12.6. The van der Waals surface area contributed by atoms with Crippen LogP contribution in [-0.2, 0) is 19.6 Å². The Hall–Kier alpha value is -2.66. The van der Waals surface area contributed by atoms with Gasteiger partial charge in [-0.1, -0.05) is 13.8 Å². The number of carbonyl (C=O) groups excluding carboxylic acids is 3. The Kier molecular flexibility index (Phi) is 7.73. The van der Waals surface area contributed by atoms with Crippen molar-refractivity contribution in [2.45, 2.75) is 31.8 Å². The first-order valence-electron chi connectivity index (χ1n) is 8.07. The van der Waals surface area contributed by atoms with Crippen LogP contribution in [0.1, 0.15) is 31.1 Å². The summed E-state index contributed by atoms with van der Waals surface area (Å²) in [6, 6.07) is 2.66. The molecule has 0 spiro atoms. The van der Waals surface area contributed by atoms with Crippen LogP contribution in [0, 0.1) is 0 Å². The average Bonchev–Trinajstić information content (AvgIpc) is 2.61. The molecule has 11 heteroatoms. The number of nitrogens with two attached hydrogens (primary N) is 1. The third-order valence-electron chi connectivity index (χ3n) is 3.62. The van der Waals surface area contributed by atoms with Crippen molar-refractivity contribution in [1.29, 1.82) is 0 Å². The average molecular weight is 401 g/mol. The maximum Gasteiger partial charge on any atom is 0.338 e. The maximum atomic E-state index is 12.8. The van der Waals surface area contributed by atoms with E-state index in [4.69, 9.17) is 15.2 Å². The number of carbonyl (C=O) groups is 3. The van der Waals surface area contributed by atoms with Crippen LogP contribution < -0.4 is 15.8 Å². The zero-order valence-corrected chi connectivity index (χ0v) is 16.3. The standard InChI is InChI=1S/C16H23N3O7S/c1-5-19(6-2)27(23,24)13-9-11(7-8-12(13)25-4)15(21)26-10(3)14(20)18-16(17)22/h7-10H,5-6H2,1-4H3,(H3,17,18,20,22). The Morgan fingerprint density at radius 3 is 2.30 bits per heavy atom. The molecule has 1 unspecified atom stereocenters. The van der Waals surface area contributed by atoms with Gasteiger partial charge in [0.05, 0.1) is 12.7 Å². The van der Waals surface area contributed by atoms with Crippen molar-refractivity contribution in [3.63, 3.8) is 0 Å². The number of sulfonamides is 1. The molecule has 1 rings (SSSR count). The van der Waals surface area contributed by atoms with Crippen molar-refractivity contribution in [2.24, 2.45) is 5.73 Å². The van der Waals surface area contributed by atoms with Crippen LogP contribution >= 0.6 is 0 Å². The molecule has 3 amide bonds. The quantitative estimate of drug-likeness (QED) is 0.602. The van der Waals surface area contributed by atoms with E-state index in [0.29, 0.717) is 0 Å². The van der Waals surface area contributed by atoms with Gasteiger partial charge in [-0.05, 0) is 25.1 Å². The van der Waals surface area contributed by atoms with Gasteiger partial charge < -0.3 is 15.2 Å². The zero-order chi connectivity index (χ0) is 20.8. The summed E-state index contributed by atoms with van der Waals surface area (Å²) >= 11 is 0. The summed E-state index contributed by atoms with van der Waals surface area (Å²) < 4.78 is 36.8. The number of hydrogen-bond acceptors (Lipinski definition) is 7. The predicted octanol–water partition coefficient (Wildman–Crippen LogP) is 0.466. The van der Waals surface area contributed by atoms with Gasteiger partial charge in [0.15, 0.2) is 6.10 Å². The van der Waals surface area contributed by atoms with E-state index in [9.17, 15) is 22.8 Å². The molecule has 3 N–H and O–H groups in total. The van der Waals surface area contributed by atoms with Gasteiger partial charge in [-0.25, -0.2) is 18.0 Å². The van der Waals surface area contributed by atoms with Gasteiger partial charge in [0.1, 0.15) is 10.6 Å². The number of esters is 1. The number of imide groups is 1. The van der Waals surface area contributed by atoms with Crippen LogP contribution in [0.4, 0.5) is 4.79 Å². The second-order valence-corrected chi connectivity index (χ2v) is 7.26. The van der Waals surface area contributed by atoms with Crippen molar-refractivity contribution in [1.82, 2.24) is 9.62 Å². The lowest BCUT2D eigenvalue weighted by molar-refractivity contribution is -0.127. The summed E-state index contributed by atoms with van der Waals surface area (Å²) in [6.45, 7) is 5.09. The highest BCUT2D eigenvalue weighted by Gasteiger charge is 2.28. The van der Waals surface area contributed by atoms with E-state index in [1.807, 2.05) is 0 Å². The Balaban J connectivity index is 3.19. The molecule has 0 aliphatic heterocycles. The molecule has 0 radical (unpaired) electrons. The fraction of sp³-hybridized carbons (Fsp3) is 0.438. The molecule has 1 aromatic carbocycles. The zero-order valence-electron chi connectivity index (χ0n) is 15.5. The van der Waals surface area contributed by atoms with Crippen LogP contribution in [0.2, 0.25) is 0 Å². The minimum atomic E-state index is -3.90. The molecule has 0 saturated carbocycles.